The van der Waals surface area contributed by atoms with Gasteiger partial charge in [0, 0.05) is 5.69 Å². The highest BCUT2D eigenvalue weighted by Crippen LogP contribution is 2.54. The molecule has 2 rings (SSSR count). The Morgan fingerprint density at radius 1 is 0.500 bits per heavy atom. The molecule has 0 bridgehead atoms. The monoisotopic (exact) mass is 704 g/mol. The Morgan fingerprint density at radius 3 is 1.33 bits per heavy atom. The lowest BCUT2D eigenvalue weighted by Crippen LogP contribution is -2.64. The third-order valence-corrected chi connectivity index (χ3v) is 5.39. The average Bonchev–Trinajstić information content (AvgIpc) is 2.91. The Bertz CT molecular complexity index is 1470. The van der Waals surface area contributed by atoms with Crippen LogP contribution in [-0.4, -0.2) is 59.7 Å². The Labute approximate surface area is 241 Å². The lowest BCUT2D eigenvalue weighted by molar-refractivity contribution is -0.388. The van der Waals surface area contributed by atoms with Crippen LogP contribution >= 0.6 is 0 Å². The van der Waals surface area contributed by atoms with E-state index in [2.05, 4.69) is 10.2 Å². The Balaban J connectivity index is 2.59. The molecule has 0 atom stereocenters. The number of benzene rings is 2. The molecular weight excluding hydrogens is 694 g/mol. The highest BCUT2D eigenvalue weighted by atomic mass is 19.4. The maximum atomic E-state index is 14.1. The quantitative estimate of drug-likeness (QED) is 0.191. The van der Waals surface area contributed by atoms with Gasteiger partial charge in [0.15, 0.2) is 0 Å². The van der Waals surface area contributed by atoms with Gasteiger partial charge in [-0.1, -0.05) is 18.2 Å². The molecule has 0 aromatic heterocycles. The van der Waals surface area contributed by atoms with Crippen molar-refractivity contribution in [3.8, 4) is 0 Å². The van der Waals surface area contributed by atoms with Crippen LogP contribution in [-0.2, 0) is 9.59 Å². The molecule has 256 valence electrons. The van der Waals surface area contributed by atoms with Crippen LogP contribution in [0.15, 0.2) is 58.8 Å². The van der Waals surface area contributed by atoms with Crippen LogP contribution in [0, 0.1) is 0 Å². The van der Waals surface area contributed by atoms with E-state index in [1.807, 2.05) is 0 Å². The first-order valence-electron chi connectivity index (χ1n) is 11.1. The van der Waals surface area contributed by atoms with Gasteiger partial charge in [-0.05, 0) is 30.3 Å². The van der Waals surface area contributed by atoms with Gasteiger partial charge in [-0.2, -0.15) is 84.1 Å². The molecule has 0 spiro atoms. The second-order valence-electron chi connectivity index (χ2n) is 8.62. The third-order valence-electron chi connectivity index (χ3n) is 5.39. The molecule has 2 aromatic rings. The zero-order valence-electron chi connectivity index (χ0n) is 21.1. The largest absolute Gasteiger partial charge is 0.460 e. The predicted octanol–water partition coefficient (Wildman–Crippen LogP) is 8.92. The normalized spacial score (nSPS) is 14.4. The van der Waals surface area contributed by atoms with Crippen molar-refractivity contribution in [1.82, 2.24) is 0 Å². The molecule has 2 aromatic carbocycles. The van der Waals surface area contributed by atoms with Crippen molar-refractivity contribution in [3.05, 3.63) is 48.5 Å². The predicted molar refractivity (Wildman–Crippen MR) is 116 cm³/mol. The van der Waals surface area contributed by atoms with Crippen LogP contribution < -0.4 is 10.6 Å². The highest BCUT2D eigenvalue weighted by Gasteiger charge is 2.85. The van der Waals surface area contributed by atoms with Crippen molar-refractivity contribution in [2.24, 2.45) is 10.2 Å². The summed E-state index contributed by atoms with van der Waals surface area (Å²) < 4.78 is 237. The first-order chi connectivity index (χ1) is 20.5. The summed E-state index contributed by atoms with van der Waals surface area (Å²) in [6, 6.07) is 6.68. The molecule has 0 unspecified atom stereocenters. The smallest absolute Gasteiger partial charge is 0.321 e. The number of alkyl halides is 18. The van der Waals surface area contributed by atoms with Crippen LogP contribution in [0.3, 0.4) is 0 Å². The Hall–Kier alpha value is -4.28. The first kappa shape index (κ1) is 37.9. The molecule has 0 radical (unpaired) electrons. The number of halogens is 18. The van der Waals surface area contributed by atoms with Gasteiger partial charge < -0.3 is 10.6 Å². The van der Waals surface area contributed by atoms with E-state index in [9.17, 15) is 88.6 Å². The standard InChI is InChI=1S/C22H10F18N4O2/c23-15(24,17(27,28)19(31,32)21(35,36)37)13(45)41-10-6-7-11(44-43-9-4-2-1-3-5-9)12(8-10)42-14(46)16(25,26)18(29,30)20(33,34)22(38,39)40/h1-8H,(H,41,45)(H,42,46). The minimum atomic E-state index is -7.57. The number of carbonyl (C=O) groups excluding carboxylic acids is 2. The molecule has 6 nitrogen and oxygen atoms in total. The van der Waals surface area contributed by atoms with E-state index in [1.165, 1.54) is 30.3 Å². The van der Waals surface area contributed by atoms with Gasteiger partial charge in [-0.25, -0.2) is 0 Å². The fourth-order valence-electron chi connectivity index (χ4n) is 2.85. The summed E-state index contributed by atoms with van der Waals surface area (Å²) >= 11 is 0. The lowest BCUT2D eigenvalue weighted by atomic mass is 10.0. The minimum Gasteiger partial charge on any atom is -0.321 e. The number of carbonyl (C=O) groups is 2. The van der Waals surface area contributed by atoms with Crippen molar-refractivity contribution in [2.75, 3.05) is 10.6 Å². The highest BCUT2D eigenvalue weighted by molar-refractivity contribution is 6.01. The average molecular weight is 704 g/mol. The maximum Gasteiger partial charge on any atom is 0.460 e. The number of rotatable bonds is 10. The molecule has 24 heteroatoms. The second kappa shape index (κ2) is 11.8. The van der Waals surface area contributed by atoms with E-state index in [1.54, 1.807) is 0 Å². The summed E-state index contributed by atoms with van der Waals surface area (Å²) in [7, 11) is 0. The summed E-state index contributed by atoms with van der Waals surface area (Å²) in [5.74, 6) is -51.4. The van der Waals surface area contributed by atoms with E-state index >= 15 is 0 Å². The molecule has 0 aliphatic rings. The Morgan fingerprint density at radius 2 is 0.913 bits per heavy atom. The summed E-state index contributed by atoms with van der Waals surface area (Å²) in [6.45, 7) is 0. The van der Waals surface area contributed by atoms with Gasteiger partial charge in [0.1, 0.15) is 5.69 Å². The lowest BCUT2D eigenvalue weighted by Gasteiger charge is -2.33. The van der Waals surface area contributed by atoms with Gasteiger partial charge in [-0.15, -0.1) is 5.11 Å². The summed E-state index contributed by atoms with van der Waals surface area (Å²) in [6.07, 6.45) is -14.7. The van der Waals surface area contributed by atoms with Gasteiger partial charge in [-0.3, -0.25) is 9.59 Å². The van der Waals surface area contributed by atoms with Crippen molar-refractivity contribution in [3.63, 3.8) is 0 Å². The SMILES string of the molecule is O=C(Nc1ccc(N=Nc2ccccc2)c(NC(=O)C(F)(F)C(F)(F)C(F)(F)C(F)(F)F)c1)C(F)(F)C(F)(F)C(F)(F)C(F)(F)F. The maximum absolute atomic E-state index is 14.1. The van der Waals surface area contributed by atoms with Crippen molar-refractivity contribution in [2.45, 2.75) is 47.9 Å². The van der Waals surface area contributed by atoms with Crippen LogP contribution in [0.25, 0.3) is 0 Å². The van der Waals surface area contributed by atoms with Crippen LogP contribution in [0.5, 0.6) is 0 Å². The zero-order valence-corrected chi connectivity index (χ0v) is 21.1. The summed E-state index contributed by atoms with van der Waals surface area (Å²) in [5.41, 5.74) is -4.34. The van der Waals surface area contributed by atoms with Crippen LogP contribution in [0.1, 0.15) is 0 Å². The molecule has 0 fully saturated rings. The van der Waals surface area contributed by atoms with Gasteiger partial charge in [0.2, 0.25) is 0 Å². The van der Waals surface area contributed by atoms with E-state index in [4.69, 9.17) is 0 Å². The van der Waals surface area contributed by atoms with Gasteiger partial charge in [0.25, 0.3) is 0 Å². The number of hydrogen-bond acceptors (Lipinski definition) is 4. The zero-order chi connectivity index (χ0) is 35.9. The topological polar surface area (TPSA) is 82.9 Å². The number of anilines is 2. The molecule has 0 aliphatic carbocycles. The summed E-state index contributed by atoms with van der Waals surface area (Å²) in [4.78, 5) is 23.6. The van der Waals surface area contributed by atoms with Crippen LogP contribution in [0.2, 0.25) is 0 Å². The summed E-state index contributed by atoms with van der Waals surface area (Å²) in [5, 5.41) is 7.99. The first-order valence-corrected chi connectivity index (χ1v) is 11.1. The fraction of sp³-hybridized carbons (Fsp3) is 0.364. The molecule has 0 saturated heterocycles. The van der Waals surface area contributed by atoms with E-state index in [0.717, 1.165) is 0 Å². The number of nitrogens with one attached hydrogen (secondary N) is 2. The number of azo groups is 1. The minimum absolute atomic E-state index is 0.133. The number of amides is 2. The van der Waals surface area contributed by atoms with E-state index in [0.29, 0.717) is 10.6 Å². The molecule has 0 saturated carbocycles. The molecule has 46 heavy (non-hydrogen) atoms. The molecule has 2 amide bonds. The van der Waals surface area contributed by atoms with Gasteiger partial charge in [0.05, 0.1) is 11.4 Å². The number of nitrogens with zero attached hydrogens (tertiary/aromatic N) is 2. The van der Waals surface area contributed by atoms with Crippen LogP contribution in [0.4, 0.5) is 102 Å². The van der Waals surface area contributed by atoms with E-state index in [-0.39, 0.29) is 23.9 Å². The number of hydrogen-bond donors (Lipinski definition) is 2. The second-order valence-corrected chi connectivity index (χ2v) is 8.62. The van der Waals surface area contributed by atoms with E-state index < -0.39 is 76.8 Å². The van der Waals surface area contributed by atoms with Crippen molar-refractivity contribution < 1.29 is 88.6 Å². The molecule has 0 heterocycles. The third kappa shape index (κ3) is 6.50. The fourth-order valence-corrected chi connectivity index (χ4v) is 2.85. The molecular formula is C22H10F18N4O2. The van der Waals surface area contributed by atoms with Crippen molar-refractivity contribution >= 4 is 34.6 Å². The molecule has 2 N–H and O–H groups in total. The molecule has 0 aliphatic heterocycles. The van der Waals surface area contributed by atoms with Crippen molar-refractivity contribution in [1.29, 1.82) is 0 Å². The Kier molecular flexibility index (Phi) is 9.74. The van der Waals surface area contributed by atoms with Gasteiger partial charge >= 0.3 is 59.7 Å².